The van der Waals surface area contributed by atoms with Crippen LogP contribution in [0.15, 0.2) is 91.0 Å². The second-order valence-corrected chi connectivity index (χ2v) is 8.85. The number of thiocarbonyl (C=S) groups is 1. The van der Waals surface area contributed by atoms with Crippen molar-refractivity contribution in [2.45, 2.75) is 4.83 Å². The summed E-state index contributed by atoms with van der Waals surface area (Å²) in [7, 11) is 0. The normalized spacial score (nSPS) is 15.6. The highest BCUT2D eigenvalue weighted by atomic mass is 79.9. The summed E-state index contributed by atoms with van der Waals surface area (Å²) in [5, 5.41) is 0. The SMILES string of the molecule is O=C(/C(=C(/c1ccccc1)C(Br)C(=S)N1CCOCC1)c1ccccc1)c1ccccc1. The largest absolute Gasteiger partial charge is 0.378 e. The van der Waals surface area contributed by atoms with E-state index in [9.17, 15) is 4.79 Å². The number of ketones is 1. The molecule has 4 rings (SSSR count). The Kier molecular flexibility index (Phi) is 7.63. The highest BCUT2D eigenvalue weighted by Crippen LogP contribution is 2.36. The van der Waals surface area contributed by atoms with Crippen LogP contribution in [-0.4, -0.2) is 46.8 Å². The Morgan fingerprint density at radius 2 is 1.25 bits per heavy atom. The molecule has 0 saturated carbocycles. The Morgan fingerprint density at radius 1 is 0.781 bits per heavy atom. The Hall–Kier alpha value is -2.60. The van der Waals surface area contributed by atoms with Gasteiger partial charge in [-0.1, -0.05) is 119 Å². The van der Waals surface area contributed by atoms with Crippen molar-refractivity contribution >= 4 is 50.1 Å². The van der Waals surface area contributed by atoms with Crippen molar-refractivity contribution in [1.29, 1.82) is 0 Å². The van der Waals surface area contributed by atoms with E-state index in [0.29, 0.717) is 24.4 Å². The first kappa shape index (κ1) is 22.6. The van der Waals surface area contributed by atoms with Crippen molar-refractivity contribution in [3.8, 4) is 0 Å². The van der Waals surface area contributed by atoms with Crippen LogP contribution in [0.5, 0.6) is 0 Å². The van der Waals surface area contributed by atoms with Crippen LogP contribution in [0.2, 0.25) is 0 Å². The fourth-order valence-corrected chi connectivity index (χ4v) is 4.93. The Labute approximate surface area is 202 Å². The number of carbonyl (C=O) groups is 1. The lowest BCUT2D eigenvalue weighted by molar-refractivity contribution is 0.0687. The highest BCUT2D eigenvalue weighted by molar-refractivity contribution is 9.10. The molecule has 1 aliphatic heterocycles. The van der Waals surface area contributed by atoms with E-state index in [-0.39, 0.29) is 10.6 Å². The second kappa shape index (κ2) is 10.8. The van der Waals surface area contributed by atoms with E-state index in [0.717, 1.165) is 34.8 Å². The number of alkyl halides is 1. The van der Waals surface area contributed by atoms with Gasteiger partial charge in [-0.15, -0.1) is 0 Å². The molecule has 1 atom stereocenters. The molecular weight excluding hydrogens is 482 g/mol. The summed E-state index contributed by atoms with van der Waals surface area (Å²) < 4.78 is 5.50. The molecule has 1 heterocycles. The number of Topliss-reactive ketones (excluding diaryl/α,β-unsaturated/α-hetero) is 1. The first-order chi connectivity index (χ1) is 15.7. The third kappa shape index (κ3) is 5.07. The van der Waals surface area contributed by atoms with Gasteiger partial charge in [-0.05, 0) is 16.7 Å². The fourth-order valence-electron chi connectivity index (χ4n) is 3.85. The molecule has 0 aromatic heterocycles. The minimum absolute atomic E-state index is 0.0233. The van der Waals surface area contributed by atoms with Gasteiger partial charge in [0.15, 0.2) is 5.78 Å². The quantitative estimate of drug-likeness (QED) is 0.137. The topological polar surface area (TPSA) is 29.5 Å². The van der Waals surface area contributed by atoms with Gasteiger partial charge in [-0.25, -0.2) is 0 Å². The lowest BCUT2D eigenvalue weighted by atomic mass is 9.87. The molecule has 0 bridgehead atoms. The molecular formula is C27H24BrNO2S. The van der Waals surface area contributed by atoms with Gasteiger partial charge < -0.3 is 9.64 Å². The van der Waals surface area contributed by atoms with E-state index in [4.69, 9.17) is 17.0 Å². The fraction of sp³-hybridized carbons (Fsp3) is 0.185. The molecule has 1 aliphatic rings. The second-order valence-electron chi connectivity index (χ2n) is 7.52. The first-order valence-electron chi connectivity index (χ1n) is 10.6. The molecule has 1 saturated heterocycles. The van der Waals surface area contributed by atoms with Crippen LogP contribution in [0.3, 0.4) is 0 Å². The average molecular weight is 506 g/mol. The van der Waals surface area contributed by atoms with Gasteiger partial charge in [-0.2, -0.15) is 0 Å². The summed E-state index contributed by atoms with van der Waals surface area (Å²) in [6, 6.07) is 29.3. The summed E-state index contributed by atoms with van der Waals surface area (Å²) in [4.78, 5) is 16.5. The standard InChI is InChI=1S/C27H24BrNO2S/c28-25(27(32)29-16-18-31-19-17-29)23(20-10-4-1-5-11-20)24(21-12-6-2-7-13-21)26(30)22-14-8-3-9-15-22/h1-15,25H,16-19H2/b24-23-. The predicted molar refractivity (Wildman–Crippen MR) is 138 cm³/mol. The zero-order valence-corrected chi connectivity index (χ0v) is 20.0. The number of morpholine rings is 1. The Bertz CT molecular complexity index is 1090. The molecule has 3 aromatic rings. The summed E-state index contributed by atoms with van der Waals surface area (Å²) >= 11 is 9.81. The molecule has 0 radical (unpaired) electrons. The number of nitrogens with zero attached hydrogens (tertiary/aromatic N) is 1. The van der Waals surface area contributed by atoms with E-state index in [1.54, 1.807) is 0 Å². The van der Waals surface area contributed by atoms with Crippen molar-refractivity contribution < 1.29 is 9.53 Å². The van der Waals surface area contributed by atoms with Crippen molar-refractivity contribution in [2.24, 2.45) is 0 Å². The molecule has 0 spiro atoms. The van der Waals surface area contributed by atoms with Gasteiger partial charge in [0.05, 0.1) is 23.0 Å². The smallest absolute Gasteiger partial charge is 0.193 e. The van der Waals surface area contributed by atoms with E-state index < -0.39 is 0 Å². The number of benzene rings is 3. The lowest BCUT2D eigenvalue weighted by Crippen LogP contribution is -2.43. The first-order valence-corrected chi connectivity index (χ1v) is 11.9. The van der Waals surface area contributed by atoms with Gasteiger partial charge in [0, 0.05) is 24.2 Å². The highest BCUT2D eigenvalue weighted by Gasteiger charge is 2.29. The summed E-state index contributed by atoms with van der Waals surface area (Å²) in [5.41, 5.74) is 4.02. The lowest BCUT2D eigenvalue weighted by Gasteiger charge is -2.32. The van der Waals surface area contributed by atoms with Gasteiger partial charge in [0.2, 0.25) is 0 Å². The van der Waals surface area contributed by atoms with Crippen molar-refractivity contribution in [1.82, 2.24) is 4.90 Å². The molecule has 1 unspecified atom stereocenters. The third-order valence-corrected chi connectivity index (χ3v) is 7.16. The molecule has 0 aliphatic carbocycles. The maximum absolute atomic E-state index is 13.9. The number of hydrogen-bond acceptors (Lipinski definition) is 3. The minimum Gasteiger partial charge on any atom is -0.378 e. The van der Waals surface area contributed by atoms with E-state index in [1.165, 1.54) is 0 Å². The van der Waals surface area contributed by atoms with Crippen LogP contribution in [0.1, 0.15) is 21.5 Å². The monoisotopic (exact) mass is 505 g/mol. The van der Waals surface area contributed by atoms with Crippen molar-refractivity contribution in [3.05, 3.63) is 108 Å². The molecule has 162 valence electrons. The van der Waals surface area contributed by atoms with Crippen LogP contribution in [0.25, 0.3) is 11.1 Å². The maximum atomic E-state index is 13.9. The van der Waals surface area contributed by atoms with Gasteiger partial charge in [0.1, 0.15) is 0 Å². The van der Waals surface area contributed by atoms with E-state index >= 15 is 0 Å². The number of hydrogen-bond donors (Lipinski definition) is 0. The molecule has 5 heteroatoms. The van der Waals surface area contributed by atoms with Crippen LogP contribution >= 0.6 is 28.1 Å². The zero-order valence-electron chi connectivity index (χ0n) is 17.6. The minimum atomic E-state index is -0.305. The molecule has 32 heavy (non-hydrogen) atoms. The number of ether oxygens (including phenoxy) is 1. The average Bonchev–Trinajstić information content (AvgIpc) is 2.88. The molecule has 1 fully saturated rings. The van der Waals surface area contributed by atoms with Crippen molar-refractivity contribution in [3.63, 3.8) is 0 Å². The predicted octanol–water partition coefficient (Wildman–Crippen LogP) is 5.90. The zero-order chi connectivity index (χ0) is 22.3. The summed E-state index contributed by atoms with van der Waals surface area (Å²) in [6.07, 6.45) is 0. The molecule has 3 aromatic carbocycles. The number of allylic oxidation sites excluding steroid dienone is 1. The summed E-state index contributed by atoms with van der Waals surface area (Å²) in [6.45, 7) is 2.80. The van der Waals surface area contributed by atoms with Crippen LogP contribution in [0, 0.1) is 0 Å². The molecule has 3 nitrogen and oxygen atoms in total. The van der Waals surface area contributed by atoms with Crippen LogP contribution < -0.4 is 0 Å². The van der Waals surface area contributed by atoms with Gasteiger partial charge >= 0.3 is 0 Å². The van der Waals surface area contributed by atoms with Crippen LogP contribution in [-0.2, 0) is 4.74 Å². The number of rotatable bonds is 6. The Morgan fingerprint density at radius 3 is 1.78 bits per heavy atom. The van der Waals surface area contributed by atoms with Crippen molar-refractivity contribution in [2.75, 3.05) is 26.3 Å². The van der Waals surface area contributed by atoms with Gasteiger partial charge in [-0.3, -0.25) is 4.79 Å². The third-order valence-electron chi connectivity index (χ3n) is 5.47. The number of carbonyl (C=O) groups excluding carboxylic acids is 1. The Balaban J connectivity index is 1.91. The summed E-state index contributed by atoms with van der Waals surface area (Å²) in [5.74, 6) is -0.0233. The van der Waals surface area contributed by atoms with Gasteiger partial charge in [0.25, 0.3) is 0 Å². The maximum Gasteiger partial charge on any atom is 0.193 e. The van der Waals surface area contributed by atoms with E-state index in [2.05, 4.69) is 20.8 Å². The van der Waals surface area contributed by atoms with E-state index in [1.807, 2.05) is 91.0 Å². The van der Waals surface area contributed by atoms with Crippen LogP contribution in [0.4, 0.5) is 0 Å². The molecule has 0 N–H and O–H groups in total. The molecule has 0 amide bonds. The number of halogens is 1.